The molecule has 4 rings (SSSR count). The van der Waals surface area contributed by atoms with E-state index in [1.807, 2.05) is 43.3 Å². The van der Waals surface area contributed by atoms with Crippen LogP contribution >= 0.6 is 27.7 Å². The van der Waals surface area contributed by atoms with Gasteiger partial charge in [0.2, 0.25) is 10.0 Å². The molecule has 0 spiro atoms. The Morgan fingerprint density at radius 3 is 2.79 bits per heavy atom. The zero-order chi connectivity index (χ0) is 19.9. The molecule has 146 valence electrons. The smallest absolute Gasteiger partial charge is 0.232 e. The van der Waals surface area contributed by atoms with Crippen LogP contribution in [0.5, 0.6) is 0 Å². The molecule has 2 aromatic carbocycles. The Bertz CT molecular complexity index is 1100. The molecule has 28 heavy (non-hydrogen) atoms. The van der Waals surface area contributed by atoms with Gasteiger partial charge < -0.3 is 0 Å². The third-order valence-corrected chi connectivity index (χ3v) is 7.23. The summed E-state index contributed by atoms with van der Waals surface area (Å²) in [6, 6.07) is 13.6. The van der Waals surface area contributed by atoms with Gasteiger partial charge in [0.05, 0.1) is 23.3 Å². The van der Waals surface area contributed by atoms with E-state index in [2.05, 4.69) is 37.5 Å². The Morgan fingerprint density at radius 1 is 1.29 bits per heavy atom. The van der Waals surface area contributed by atoms with Gasteiger partial charge in [0.1, 0.15) is 0 Å². The summed E-state index contributed by atoms with van der Waals surface area (Å²) in [5.74, 6) is 0.698. The van der Waals surface area contributed by atoms with E-state index in [1.54, 1.807) is 11.8 Å². The highest BCUT2D eigenvalue weighted by Gasteiger charge is 2.32. The molecule has 0 saturated heterocycles. The van der Waals surface area contributed by atoms with E-state index in [0.717, 1.165) is 37.9 Å². The largest absolute Gasteiger partial charge is 0.267 e. The number of aliphatic imine (C=N–C) groups is 1. The van der Waals surface area contributed by atoms with Crippen molar-refractivity contribution in [2.24, 2.45) is 10.1 Å². The third-order valence-electron chi connectivity index (χ3n) is 4.59. The molecular weight excluding hydrogens is 460 g/mol. The molecule has 0 aliphatic carbocycles. The lowest BCUT2D eigenvalue weighted by Gasteiger charge is -2.22. The summed E-state index contributed by atoms with van der Waals surface area (Å²) in [7, 11) is -3.28. The van der Waals surface area contributed by atoms with Crippen molar-refractivity contribution in [2.75, 3.05) is 16.3 Å². The van der Waals surface area contributed by atoms with Crippen LogP contribution in [0.1, 0.15) is 18.1 Å². The van der Waals surface area contributed by atoms with Gasteiger partial charge >= 0.3 is 0 Å². The zero-order valence-electron chi connectivity index (χ0n) is 15.4. The summed E-state index contributed by atoms with van der Waals surface area (Å²) < 4.78 is 26.6. The van der Waals surface area contributed by atoms with E-state index in [0.29, 0.717) is 12.2 Å². The first kappa shape index (κ1) is 19.5. The van der Waals surface area contributed by atoms with Crippen LogP contribution in [-0.2, 0) is 16.4 Å². The molecule has 2 heterocycles. The second-order valence-electron chi connectivity index (χ2n) is 6.81. The summed E-state index contributed by atoms with van der Waals surface area (Å²) >= 11 is 5.04. The Hall–Kier alpha value is -1.84. The van der Waals surface area contributed by atoms with Crippen LogP contribution in [0.15, 0.2) is 57.0 Å². The van der Waals surface area contributed by atoms with Crippen molar-refractivity contribution in [1.82, 2.24) is 5.43 Å². The summed E-state index contributed by atoms with van der Waals surface area (Å²) in [4.78, 5) is 4.57. The number of amidine groups is 1. The van der Waals surface area contributed by atoms with Gasteiger partial charge in [0, 0.05) is 16.3 Å². The Kier molecular flexibility index (Phi) is 5.24. The van der Waals surface area contributed by atoms with Gasteiger partial charge in [-0.15, -0.1) is 0 Å². The van der Waals surface area contributed by atoms with Gasteiger partial charge in [0.25, 0.3) is 0 Å². The molecule has 1 N–H and O–H groups in total. The van der Waals surface area contributed by atoms with Crippen molar-refractivity contribution < 1.29 is 8.42 Å². The van der Waals surface area contributed by atoms with E-state index in [4.69, 9.17) is 0 Å². The quantitative estimate of drug-likeness (QED) is 0.725. The minimum Gasteiger partial charge on any atom is -0.267 e. The first-order valence-electron chi connectivity index (χ1n) is 8.73. The fraction of sp³-hybridized carbons (Fsp3) is 0.263. The molecule has 2 aromatic rings. The summed E-state index contributed by atoms with van der Waals surface area (Å²) in [5.41, 5.74) is 7.62. The molecule has 2 aliphatic rings. The highest BCUT2D eigenvalue weighted by Crippen LogP contribution is 2.35. The van der Waals surface area contributed by atoms with Crippen LogP contribution in [0.4, 0.5) is 11.4 Å². The van der Waals surface area contributed by atoms with Crippen LogP contribution in [-0.4, -0.2) is 37.3 Å². The molecular formula is C19H19BrN4O2S2. The van der Waals surface area contributed by atoms with Gasteiger partial charge in [-0.2, -0.15) is 5.10 Å². The molecule has 6 nitrogen and oxygen atoms in total. The third kappa shape index (κ3) is 3.97. The van der Waals surface area contributed by atoms with Crippen molar-refractivity contribution in [1.29, 1.82) is 0 Å². The number of hydrogen-bond donors (Lipinski definition) is 1. The van der Waals surface area contributed by atoms with E-state index >= 15 is 0 Å². The number of hydrogen-bond acceptors (Lipinski definition) is 5. The molecule has 1 atom stereocenters. The number of sulfonamides is 1. The number of hydrazone groups is 1. The second kappa shape index (κ2) is 7.53. The number of anilines is 1. The van der Waals surface area contributed by atoms with Crippen molar-refractivity contribution in [2.45, 2.75) is 19.4 Å². The minimum absolute atomic E-state index is 0.0648. The Morgan fingerprint density at radius 2 is 2.11 bits per heavy atom. The predicted molar refractivity (Wildman–Crippen MR) is 120 cm³/mol. The maximum Gasteiger partial charge on any atom is 0.232 e. The Labute approximate surface area is 177 Å². The standard InChI is InChI=1S/C19H19BrN4O2S2/c1-12-8-14-9-13(6-7-18(14)24(12)28(2,25)26)17-11-27-19(23-22-17)21-16-5-3-4-15(20)10-16/h3-7,9-10,12H,8,11H2,1-2H3,(H,21,23). The molecule has 9 heteroatoms. The molecule has 0 bridgehead atoms. The lowest BCUT2D eigenvalue weighted by Crippen LogP contribution is -2.34. The van der Waals surface area contributed by atoms with Gasteiger partial charge in [-0.05, 0) is 54.8 Å². The van der Waals surface area contributed by atoms with Gasteiger partial charge in [-0.1, -0.05) is 39.8 Å². The topological polar surface area (TPSA) is 74.1 Å². The fourth-order valence-corrected chi connectivity index (χ4v) is 5.91. The molecule has 0 radical (unpaired) electrons. The normalized spacial score (nSPS) is 20.7. The number of nitrogens with one attached hydrogen (secondary N) is 1. The SMILES string of the molecule is CC1Cc2cc(C3=NNC(=Nc4cccc(Br)c4)SC3)ccc2N1S(C)(=O)=O. The molecule has 2 aliphatic heterocycles. The summed E-state index contributed by atoms with van der Waals surface area (Å²) in [5, 5.41) is 5.23. The molecule has 1 unspecified atom stereocenters. The van der Waals surface area contributed by atoms with Crippen LogP contribution in [0.2, 0.25) is 0 Å². The first-order chi connectivity index (χ1) is 13.3. The van der Waals surface area contributed by atoms with E-state index in [-0.39, 0.29) is 6.04 Å². The first-order valence-corrected chi connectivity index (χ1v) is 12.4. The maximum absolute atomic E-state index is 12.1. The Balaban J connectivity index is 1.56. The number of fused-ring (bicyclic) bond motifs is 1. The minimum atomic E-state index is -3.28. The fourth-order valence-electron chi connectivity index (χ4n) is 3.47. The average Bonchev–Trinajstić information content (AvgIpc) is 2.97. The van der Waals surface area contributed by atoms with Gasteiger partial charge in [-0.25, -0.2) is 13.4 Å². The van der Waals surface area contributed by atoms with Crippen LogP contribution in [0, 0.1) is 0 Å². The van der Waals surface area contributed by atoms with Gasteiger partial charge in [-0.3, -0.25) is 9.73 Å². The molecule has 0 fully saturated rings. The van der Waals surface area contributed by atoms with E-state index in [9.17, 15) is 8.42 Å². The van der Waals surface area contributed by atoms with Crippen LogP contribution in [0.25, 0.3) is 0 Å². The highest BCUT2D eigenvalue weighted by molar-refractivity contribution is 9.10. The van der Waals surface area contributed by atoms with Crippen molar-refractivity contribution >= 4 is 60.0 Å². The molecule has 0 aromatic heterocycles. The van der Waals surface area contributed by atoms with E-state index < -0.39 is 10.0 Å². The summed E-state index contributed by atoms with van der Waals surface area (Å²) in [6.45, 7) is 1.93. The lowest BCUT2D eigenvalue weighted by atomic mass is 10.0. The molecule has 0 amide bonds. The lowest BCUT2D eigenvalue weighted by molar-refractivity contribution is 0.590. The van der Waals surface area contributed by atoms with Gasteiger partial charge in [0.15, 0.2) is 5.17 Å². The number of thioether (sulfide) groups is 1. The average molecular weight is 479 g/mol. The zero-order valence-corrected chi connectivity index (χ0v) is 18.6. The number of nitrogens with zero attached hydrogens (tertiary/aromatic N) is 3. The number of rotatable bonds is 3. The van der Waals surface area contributed by atoms with Crippen molar-refractivity contribution in [3.63, 3.8) is 0 Å². The van der Waals surface area contributed by atoms with Crippen molar-refractivity contribution in [3.8, 4) is 0 Å². The predicted octanol–water partition coefficient (Wildman–Crippen LogP) is 3.89. The van der Waals surface area contributed by atoms with Crippen LogP contribution in [0.3, 0.4) is 0 Å². The summed E-state index contributed by atoms with van der Waals surface area (Å²) in [6.07, 6.45) is 1.96. The number of benzene rings is 2. The second-order valence-corrected chi connectivity index (χ2v) is 10.6. The highest BCUT2D eigenvalue weighted by atomic mass is 79.9. The van der Waals surface area contributed by atoms with Crippen molar-refractivity contribution in [3.05, 3.63) is 58.1 Å². The van der Waals surface area contributed by atoms with E-state index in [1.165, 1.54) is 10.6 Å². The monoisotopic (exact) mass is 478 g/mol. The van der Waals surface area contributed by atoms with Crippen LogP contribution < -0.4 is 9.73 Å². The molecule has 0 saturated carbocycles. The number of halogens is 1. The maximum atomic E-state index is 12.1.